The van der Waals surface area contributed by atoms with E-state index >= 15 is 0 Å². The normalized spacial score (nSPS) is 17.7. The van der Waals surface area contributed by atoms with Crippen LogP contribution in [0, 0.1) is 5.92 Å². The maximum absolute atomic E-state index is 12.8. The van der Waals surface area contributed by atoms with Crippen molar-refractivity contribution in [3.8, 4) is 11.5 Å². The highest BCUT2D eigenvalue weighted by atomic mass is 16.7. The average molecular weight is 379 g/mol. The molecule has 1 saturated heterocycles. The molecule has 8 nitrogen and oxygen atoms in total. The first-order chi connectivity index (χ1) is 12.9. The predicted molar refractivity (Wildman–Crippen MR) is 100 cm³/mol. The maximum atomic E-state index is 12.8. The lowest BCUT2D eigenvalue weighted by Gasteiger charge is -2.23. The highest BCUT2D eigenvalue weighted by Crippen LogP contribution is 2.29. The van der Waals surface area contributed by atoms with Gasteiger partial charge in [0.2, 0.25) is 5.91 Å². The number of likely N-dealkylation sites (tertiary alicyclic amines) is 1. The molecule has 0 aromatic heterocycles. The van der Waals surface area contributed by atoms with E-state index in [1.807, 2.05) is 23.1 Å². The molecule has 0 radical (unpaired) electrons. The zero-order valence-corrected chi connectivity index (χ0v) is 16.7. The van der Waals surface area contributed by atoms with Crippen molar-refractivity contribution in [1.82, 2.24) is 15.3 Å². The van der Waals surface area contributed by atoms with Gasteiger partial charge in [-0.1, -0.05) is 0 Å². The number of rotatable bonds is 9. The number of hydrogen-bond donors (Lipinski definition) is 1. The SMILES string of the molecule is CN[C@@H](C[C@@H]1CCN(Cc2ccc(OC)cc2OC)C1=O)C(=O)N(C)OC. The van der Waals surface area contributed by atoms with Crippen molar-refractivity contribution in [2.75, 3.05) is 42.0 Å². The first-order valence-electron chi connectivity index (χ1n) is 8.93. The number of nitrogens with zero attached hydrogens (tertiary/aromatic N) is 2. The Morgan fingerprint density at radius 3 is 2.67 bits per heavy atom. The highest BCUT2D eigenvalue weighted by molar-refractivity contribution is 5.84. The summed E-state index contributed by atoms with van der Waals surface area (Å²) in [6.07, 6.45) is 1.16. The molecular formula is C19H29N3O5. The van der Waals surface area contributed by atoms with Crippen LogP contribution in [0.25, 0.3) is 0 Å². The van der Waals surface area contributed by atoms with Gasteiger partial charge in [-0.05, 0) is 32.0 Å². The van der Waals surface area contributed by atoms with Gasteiger partial charge in [0.15, 0.2) is 0 Å². The fourth-order valence-corrected chi connectivity index (χ4v) is 3.30. The molecule has 2 amide bonds. The summed E-state index contributed by atoms with van der Waals surface area (Å²) >= 11 is 0. The summed E-state index contributed by atoms with van der Waals surface area (Å²) in [6.45, 7) is 1.13. The van der Waals surface area contributed by atoms with E-state index in [-0.39, 0.29) is 17.7 Å². The van der Waals surface area contributed by atoms with Crippen LogP contribution in [0.15, 0.2) is 18.2 Å². The third kappa shape index (κ3) is 4.90. The van der Waals surface area contributed by atoms with Crippen molar-refractivity contribution in [2.24, 2.45) is 5.92 Å². The summed E-state index contributed by atoms with van der Waals surface area (Å²) in [6, 6.07) is 5.11. The van der Waals surface area contributed by atoms with Crippen molar-refractivity contribution in [3.05, 3.63) is 23.8 Å². The van der Waals surface area contributed by atoms with Gasteiger partial charge in [-0.25, -0.2) is 5.06 Å². The third-order valence-electron chi connectivity index (χ3n) is 5.01. The zero-order valence-electron chi connectivity index (χ0n) is 16.7. The number of hydroxylamine groups is 2. The van der Waals surface area contributed by atoms with Gasteiger partial charge >= 0.3 is 0 Å². The van der Waals surface area contributed by atoms with Crippen molar-refractivity contribution >= 4 is 11.8 Å². The van der Waals surface area contributed by atoms with Crippen LogP contribution in [-0.4, -0.2) is 69.8 Å². The summed E-state index contributed by atoms with van der Waals surface area (Å²) in [4.78, 5) is 31.9. The number of carbonyl (C=O) groups is 2. The lowest BCUT2D eigenvalue weighted by Crippen LogP contribution is -2.45. The minimum atomic E-state index is -0.459. The van der Waals surface area contributed by atoms with Gasteiger partial charge in [0.05, 0.1) is 27.4 Å². The molecule has 27 heavy (non-hydrogen) atoms. The molecule has 150 valence electrons. The van der Waals surface area contributed by atoms with E-state index in [2.05, 4.69) is 5.32 Å². The molecular weight excluding hydrogens is 350 g/mol. The van der Waals surface area contributed by atoms with Gasteiger partial charge in [0.25, 0.3) is 5.91 Å². The molecule has 1 aromatic carbocycles. The van der Waals surface area contributed by atoms with E-state index in [0.29, 0.717) is 31.0 Å². The molecule has 0 bridgehead atoms. The summed E-state index contributed by atoms with van der Waals surface area (Å²) in [5, 5.41) is 4.17. The molecule has 0 aliphatic carbocycles. The number of methoxy groups -OCH3 is 2. The second-order valence-corrected chi connectivity index (χ2v) is 6.52. The summed E-state index contributed by atoms with van der Waals surface area (Å²) in [7, 11) is 7.91. The van der Waals surface area contributed by atoms with Crippen LogP contribution in [-0.2, 0) is 21.0 Å². The Morgan fingerprint density at radius 1 is 1.33 bits per heavy atom. The molecule has 0 saturated carbocycles. The highest BCUT2D eigenvalue weighted by Gasteiger charge is 2.35. The average Bonchev–Trinajstić information content (AvgIpc) is 3.04. The van der Waals surface area contributed by atoms with Gasteiger partial charge in [-0.2, -0.15) is 0 Å². The van der Waals surface area contributed by atoms with Gasteiger partial charge in [0.1, 0.15) is 11.5 Å². The lowest BCUT2D eigenvalue weighted by molar-refractivity contribution is -0.171. The Balaban J connectivity index is 2.03. The number of benzene rings is 1. The lowest BCUT2D eigenvalue weighted by atomic mass is 9.98. The minimum Gasteiger partial charge on any atom is -0.497 e. The standard InChI is InChI=1S/C19H29N3O5/c1-20-16(19(24)21(2)27-5)10-13-8-9-22(18(13)23)12-14-6-7-15(25-3)11-17(14)26-4/h6-7,11,13,16,20H,8-10,12H2,1-5H3/t13-,16-/m0/s1. The first kappa shape index (κ1) is 21.0. The zero-order chi connectivity index (χ0) is 20.0. The number of carbonyl (C=O) groups excluding carboxylic acids is 2. The van der Waals surface area contributed by atoms with Gasteiger partial charge < -0.3 is 19.7 Å². The quantitative estimate of drug-likeness (QED) is 0.646. The number of amides is 2. The van der Waals surface area contributed by atoms with Crippen LogP contribution in [0.1, 0.15) is 18.4 Å². The molecule has 2 atom stereocenters. The van der Waals surface area contributed by atoms with Crippen LogP contribution in [0.5, 0.6) is 11.5 Å². The van der Waals surface area contributed by atoms with Crippen LogP contribution < -0.4 is 14.8 Å². The topological polar surface area (TPSA) is 80.3 Å². The summed E-state index contributed by atoms with van der Waals surface area (Å²) in [5.41, 5.74) is 0.924. The minimum absolute atomic E-state index is 0.0565. The molecule has 1 heterocycles. The smallest absolute Gasteiger partial charge is 0.262 e. The Morgan fingerprint density at radius 2 is 2.07 bits per heavy atom. The van der Waals surface area contributed by atoms with Crippen LogP contribution in [0.4, 0.5) is 0 Å². The summed E-state index contributed by atoms with van der Waals surface area (Å²) < 4.78 is 10.6. The second-order valence-electron chi connectivity index (χ2n) is 6.52. The van der Waals surface area contributed by atoms with Crippen molar-refractivity contribution in [2.45, 2.75) is 25.4 Å². The van der Waals surface area contributed by atoms with E-state index in [0.717, 1.165) is 12.0 Å². The van der Waals surface area contributed by atoms with E-state index in [1.54, 1.807) is 28.3 Å². The molecule has 2 rings (SSSR count). The van der Waals surface area contributed by atoms with Gasteiger partial charge in [0, 0.05) is 37.7 Å². The molecule has 1 aliphatic heterocycles. The Kier molecular flexibility index (Phi) is 7.44. The maximum Gasteiger partial charge on any atom is 0.262 e. The van der Waals surface area contributed by atoms with Crippen molar-refractivity contribution in [3.63, 3.8) is 0 Å². The number of hydrogen-bond acceptors (Lipinski definition) is 6. The molecule has 1 fully saturated rings. The molecule has 1 N–H and O–H groups in total. The number of likely N-dealkylation sites (N-methyl/N-ethyl adjacent to an activating group) is 2. The fourth-order valence-electron chi connectivity index (χ4n) is 3.30. The molecule has 8 heteroatoms. The van der Waals surface area contributed by atoms with E-state index in [1.165, 1.54) is 12.2 Å². The van der Waals surface area contributed by atoms with Crippen LogP contribution in [0.3, 0.4) is 0 Å². The Bertz CT molecular complexity index is 667. The van der Waals surface area contributed by atoms with Crippen molar-refractivity contribution in [1.29, 1.82) is 0 Å². The Hall–Kier alpha value is -2.32. The summed E-state index contributed by atoms with van der Waals surface area (Å²) in [5.74, 6) is 1.07. The van der Waals surface area contributed by atoms with Gasteiger partial charge in [-0.3, -0.25) is 14.4 Å². The van der Waals surface area contributed by atoms with Crippen molar-refractivity contribution < 1.29 is 23.9 Å². The molecule has 1 aromatic rings. The predicted octanol–water partition coefficient (Wildman–Crippen LogP) is 1.05. The molecule has 0 spiro atoms. The number of ether oxygens (including phenoxy) is 2. The van der Waals surface area contributed by atoms with E-state index in [9.17, 15) is 9.59 Å². The number of nitrogens with one attached hydrogen (secondary N) is 1. The Labute approximate surface area is 160 Å². The third-order valence-corrected chi connectivity index (χ3v) is 5.01. The van der Waals surface area contributed by atoms with E-state index in [4.69, 9.17) is 14.3 Å². The second kappa shape index (κ2) is 9.57. The van der Waals surface area contributed by atoms with E-state index < -0.39 is 6.04 Å². The van der Waals surface area contributed by atoms with Gasteiger partial charge in [-0.15, -0.1) is 0 Å². The molecule has 0 unspecified atom stereocenters. The van der Waals surface area contributed by atoms with Crippen LogP contribution >= 0.6 is 0 Å². The fraction of sp³-hybridized carbons (Fsp3) is 0.579. The largest absolute Gasteiger partial charge is 0.497 e. The van der Waals surface area contributed by atoms with Crippen LogP contribution in [0.2, 0.25) is 0 Å². The first-order valence-corrected chi connectivity index (χ1v) is 8.93. The molecule has 1 aliphatic rings. The monoisotopic (exact) mass is 379 g/mol.